The monoisotopic (exact) mass is 310 g/mol. The van der Waals surface area contributed by atoms with Gasteiger partial charge in [0.15, 0.2) is 0 Å². The molecule has 0 unspecified atom stereocenters. The minimum absolute atomic E-state index is 0.0664. The molecule has 0 aromatic carbocycles. The summed E-state index contributed by atoms with van der Waals surface area (Å²) in [4.78, 5) is 6.35. The van der Waals surface area contributed by atoms with Gasteiger partial charge in [-0.05, 0) is 44.4 Å². The van der Waals surface area contributed by atoms with Crippen LogP contribution >= 0.6 is 11.3 Å². The summed E-state index contributed by atoms with van der Waals surface area (Å²) in [5.74, 6) is 0. The van der Waals surface area contributed by atoms with Crippen molar-refractivity contribution in [3.05, 3.63) is 15.6 Å². The Morgan fingerprint density at radius 1 is 1.24 bits per heavy atom. The molecule has 0 spiro atoms. The molecule has 4 heteroatoms. The summed E-state index contributed by atoms with van der Waals surface area (Å²) in [6.07, 6.45) is 5.90. The molecule has 0 bridgehead atoms. The molecular formula is C17H30N2OS. The van der Waals surface area contributed by atoms with Crippen LogP contribution in [-0.4, -0.2) is 25.2 Å². The van der Waals surface area contributed by atoms with E-state index in [1.165, 1.54) is 41.3 Å². The molecular weight excluding hydrogens is 280 g/mol. The van der Waals surface area contributed by atoms with E-state index in [0.717, 1.165) is 19.6 Å². The maximum absolute atomic E-state index is 5.23. The van der Waals surface area contributed by atoms with Gasteiger partial charge >= 0.3 is 0 Å². The highest BCUT2D eigenvalue weighted by molar-refractivity contribution is 7.11. The number of rotatable bonds is 6. The van der Waals surface area contributed by atoms with Gasteiger partial charge < -0.3 is 10.1 Å². The van der Waals surface area contributed by atoms with Gasteiger partial charge in [0.05, 0.1) is 17.8 Å². The fraction of sp³-hybridized carbons (Fsp3) is 0.824. The van der Waals surface area contributed by atoms with Crippen LogP contribution in [0.2, 0.25) is 0 Å². The Morgan fingerprint density at radius 3 is 2.43 bits per heavy atom. The van der Waals surface area contributed by atoms with E-state index in [-0.39, 0.29) is 5.54 Å². The number of thiazole rings is 1. The number of hydrogen-bond acceptors (Lipinski definition) is 4. The first-order valence-corrected chi connectivity index (χ1v) is 8.95. The van der Waals surface area contributed by atoms with Gasteiger partial charge in [0.2, 0.25) is 0 Å². The molecule has 0 saturated heterocycles. The fourth-order valence-corrected chi connectivity index (χ4v) is 4.40. The average Bonchev–Trinajstić information content (AvgIpc) is 2.83. The molecule has 1 aliphatic carbocycles. The summed E-state index contributed by atoms with van der Waals surface area (Å²) in [7, 11) is 1.76. The van der Waals surface area contributed by atoms with Crippen LogP contribution in [0.5, 0.6) is 0 Å². The first kappa shape index (κ1) is 16.9. The zero-order chi connectivity index (χ0) is 15.5. The van der Waals surface area contributed by atoms with E-state index in [1.54, 1.807) is 7.11 Å². The van der Waals surface area contributed by atoms with Crippen molar-refractivity contribution in [2.75, 3.05) is 20.3 Å². The highest BCUT2D eigenvalue weighted by Gasteiger charge is 2.41. The SMILES string of the molecule is CCc1nc(C2(NCCOC)CCC(C)(C)CC2)sc1C. The zero-order valence-electron chi connectivity index (χ0n) is 14.2. The summed E-state index contributed by atoms with van der Waals surface area (Å²) < 4.78 is 5.23. The number of aromatic nitrogens is 1. The second kappa shape index (κ2) is 6.76. The summed E-state index contributed by atoms with van der Waals surface area (Å²) in [6, 6.07) is 0. The lowest BCUT2D eigenvalue weighted by molar-refractivity contribution is 0.119. The van der Waals surface area contributed by atoms with Crippen molar-refractivity contribution in [1.29, 1.82) is 0 Å². The summed E-state index contributed by atoms with van der Waals surface area (Å²) in [6.45, 7) is 10.8. The highest BCUT2D eigenvalue weighted by Crippen LogP contribution is 2.46. The molecule has 0 aliphatic heterocycles. The topological polar surface area (TPSA) is 34.2 Å². The van der Waals surface area contributed by atoms with Crippen molar-refractivity contribution in [2.45, 2.75) is 65.3 Å². The first-order valence-electron chi connectivity index (χ1n) is 8.13. The molecule has 1 aliphatic rings. The van der Waals surface area contributed by atoms with Crippen molar-refractivity contribution >= 4 is 11.3 Å². The van der Waals surface area contributed by atoms with Crippen molar-refractivity contribution in [1.82, 2.24) is 10.3 Å². The maximum Gasteiger partial charge on any atom is 0.113 e. The van der Waals surface area contributed by atoms with Crippen molar-refractivity contribution in [2.24, 2.45) is 5.41 Å². The van der Waals surface area contributed by atoms with Gasteiger partial charge in [0.1, 0.15) is 5.01 Å². The largest absolute Gasteiger partial charge is 0.383 e. The molecule has 2 rings (SSSR count). The van der Waals surface area contributed by atoms with E-state index in [0.29, 0.717) is 5.41 Å². The Kier molecular flexibility index (Phi) is 5.44. The van der Waals surface area contributed by atoms with Gasteiger partial charge in [0.25, 0.3) is 0 Å². The zero-order valence-corrected chi connectivity index (χ0v) is 15.0. The van der Waals surface area contributed by atoms with Crippen LogP contribution in [0, 0.1) is 12.3 Å². The van der Waals surface area contributed by atoms with E-state index in [4.69, 9.17) is 9.72 Å². The van der Waals surface area contributed by atoms with Crippen LogP contribution in [0.15, 0.2) is 0 Å². The van der Waals surface area contributed by atoms with Crippen LogP contribution in [-0.2, 0) is 16.7 Å². The van der Waals surface area contributed by atoms with Gasteiger partial charge in [-0.25, -0.2) is 4.98 Å². The smallest absolute Gasteiger partial charge is 0.113 e. The number of nitrogens with one attached hydrogen (secondary N) is 1. The van der Waals surface area contributed by atoms with E-state index < -0.39 is 0 Å². The Balaban J connectivity index is 2.23. The molecule has 1 aromatic rings. The molecule has 1 N–H and O–H groups in total. The number of methoxy groups -OCH3 is 1. The van der Waals surface area contributed by atoms with Crippen molar-refractivity contribution in [3.8, 4) is 0 Å². The van der Waals surface area contributed by atoms with Crippen LogP contribution in [0.4, 0.5) is 0 Å². The molecule has 0 radical (unpaired) electrons. The van der Waals surface area contributed by atoms with E-state index in [1.807, 2.05) is 11.3 Å². The molecule has 21 heavy (non-hydrogen) atoms. The number of ether oxygens (including phenoxy) is 1. The average molecular weight is 311 g/mol. The maximum atomic E-state index is 5.23. The van der Waals surface area contributed by atoms with Gasteiger partial charge in [-0.3, -0.25) is 0 Å². The second-order valence-electron chi connectivity index (χ2n) is 7.04. The summed E-state index contributed by atoms with van der Waals surface area (Å²) >= 11 is 1.89. The summed E-state index contributed by atoms with van der Waals surface area (Å²) in [5.41, 5.74) is 1.80. The predicted octanol–water partition coefficient (Wildman–Crippen LogP) is 4.05. The lowest BCUT2D eigenvalue weighted by Gasteiger charge is -2.43. The third kappa shape index (κ3) is 3.85. The van der Waals surface area contributed by atoms with Gasteiger partial charge in [-0.2, -0.15) is 0 Å². The van der Waals surface area contributed by atoms with Crippen LogP contribution in [0.25, 0.3) is 0 Å². The quantitative estimate of drug-likeness (QED) is 0.805. The summed E-state index contributed by atoms with van der Waals surface area (Å²) in [5, 5.41) is 5.07. The molecule has 1 heterocycles. The molecule has 120 valence electrons. The van der Waals surface area contributed by atoms with Gasteiger partial charge in [-0.1, -0.05) is 20.8 Å². The molecule has 1 aromatic heterocycles. The van der Waals surface area contributed by atoms with E-state index in [2.05, 4.69) is 33.0 Å². The van der Waals surface area contributed by atoms with Crippen LogP contribution in [0.1, 0.15) is 62.0 Å². The second-order valence-corrected chi connectivity index (χ2v) is 8.24. The molecule has 3 nitrogen and oxygen atoms in total. The number of nitrogens with zero attached hydrogens (tertiary/aromatic N) is 1. The standard InChI is InChI=1S/C17H30N2OS/c1-6-14-13(2)21-15(19-14)17(18-11-12-20-5)9-7-16(3,4)8-10-17/h18H,6-12H2,1-5H3. The highest BCUT2D eigenvalue weighted by atomic mass is 32.1. The third-order valence-corrected chi connectivity index (χ3v) is 6.08. The van der Waals surface area contributed by atoms with Crippen LogP contribution in [0.3, 0.4) is 0 Å². The number of aryl methyl sites for hydroxylation is 2. The Labute approximate surface area is 133 Å². The molecule has 1 fully saturated rings. The number of hydrogen-bond donors (Lipinski definition) is 1. The first-order chi connectivity index (χ1) is 9.92. The fourth-order valence-electron chi connectivity index (χ4n) is 3.17. The normalized spacial score (nSPS) is 20.6. The third-order valence-electron chi connectivity index (χ3n) is 4.86. The lowest BCUT2D eigenvalue weighted by atomic mass is 9.69. The molecule has 1 saturated carbocycles. The van der Waals surface area contributed by atoms with Crippen molar-refractivity contribution in [3.63, 3.8) is 0 Å². The lowest BCUT2D eigenvalue weighted by Crippen LogP contribution is -2.47. The minimum atomic E-state index is 0.0664. The Bertz CT molecular complexity index is 457. The predicted molar refractivity (Wildman–Crippen MR) is 90.0 cm³/mol. The van der Waals surface area contributed by atoms with E-state index in [9.17, 15) is 0 Å². The van der Waals surface area contributed by atoms with Crippen molar-refractivity contribution < 1.29 is 4.74 Å². The van der Waals surface area contributed by atoms with Crippen LogP contribution < -0.4 is 5.32 Å². The van der Waals surface area contributed by atoms with E-state index >= 15 is 0 Å². The molecule has 0 amide bonds. The van der Waals surface area contributed by atoms with Gasteiger partial charge in [-0.15, -0.1) is 11.3 Å². The minimum Gasteiger partial charge on any atom is -0.383 e. The Hall–Kier alpha value is -0.450. The van der Waals surface area contributed by atoms with Gasteiger partial charge in [0, 0.05) is 18.5 Å². The Morgan fingerprint density at radius 2 is 1.90 bits per heavy atom. The molecule has 0 atom stereocenters.